The van der Waals surface area contributed by atoms with Crippen molar-refractivity contribution in [1.29, 1.82) is 0 Å². The third kappa shape index (κ3) is 3.11. The summed E-state index contributed by atoms with van der Waals surface area (Å²) >= 11 is 2.34. The minimum Gasteiger partial charge on any atom is -0.293 e. The lowest BCUT2D eigenvalue weighted by molar-refractivity contribution is 0.101. The number of halogens is 2. The predicted molar refractivity (Wildman–Crippen MR) is 66.1 cm³/mol. The van der Waals surface area contributed by atoms with E-state index in [1.807, 2.05) is 0 Å². The van der Waals surface area contributed by atoms with E-state index >= 15 is 0 Å². The van der Waals surface area contributed by atoms with Crippen LogP contribution in [0, 0.1) is 18.6 Å². The molecular formula is C11H8F2N2OS2. The van der Waals surface area contributed by atoms with Crippen LogP contribution in [0.15, 0.2) is 22.5 Å². The summed E-state index contributed by atoms with van der Waals surface area (Å²) in [4.78, 5) is 15.8. The summed E-state index contributed by atoms with van der Waals surface area (Å²) in [6, 6.07) is 2.83. The Bertz CT molecular complexity index is 586. The molecular weight excluding hydrogens is 278 g/mol. The molecule has 94 valence electrons. The molecule has 1 aromatic heterocycles. The molecule has 18 heavy (non-hydrogen) atoms. The van der Waals surface area contributed by atoms with Gasteiger partial charge >= 0.3 is 0 Å². The number of thioether (sulfide) groups is 1. The quantitative estimate of drug-likeness (QED) is 0.640. The van der Waals surface area contributed by atoms with E-state index in [0.29, 0.717) is 10.2 Å². The SMILES string of the molecule is Cc1nsc(SCC(=O)c2cc(F)ccc2F)n1. The van der Waals surface area contributed by atoms with E-state index in [2.05, 4.69) is 9.36 Å². The Hall–Kier alpha value is -1.34. The first-order chi connectivity index (χ1) is 8.56. The molecule has 0 radical (unpaired) electrons. The predicted octanol–water partition coefficient (Wildman–Crippen LogP) is 3.10. The van der Waals surface area contributed by atoms with Gasteiger partial charge < -0.3 is 0 Å². The first-order valence-electron chi connectivity index (χ1n) is 4.97. The fraction of sp³-hybridized carbons (Fsp3) is 0.182. The van der Waals surface area contributed by atoms with Crippen LogP contribution in [0.2, 0.25) is 0 Å². The molecule has 7 heteroatoms. The van der Waals surface area contributed by atoms with Crippen molar-refractivity contribution in [3.8, 4) is 0 Å². The Labute approximate surface area is 110 Å². The first kappa shape index (κ1) is 13.1. The fourth-order valence-electron chi connectivity index (χ4n) is 1.25. The molecule has 2 rings (SSSR count). The van der Waals surface area contributed by atoms with Gasteiger partial charge in [0.2, 0.25) is 0 Å². The molecule has 0 atom stereocenters. The molecule has 0 aliphatic rings. The van der Waals surface area contributed by atoms with E-state index < -0.39 is 17.4 Å². The molecule has 3 nitrogen and oxygen atoms in total. The maximum absolute atomic E-state index is 13.3. The normalized spacial score (nSPS) is 10.6. The molecule has 0 N–H and O–H groups in total. The number of Topliss-reactive ketones (excluding diaryl/α,β-unsaturated/α-hetero) is 1. The van der Waals surface area contributed by atoms with Crippen LogP contribution in [0.1, 0.15) is 16.2 Å². The lowest BCUT2D eigenvalue weighted by Gasteiger charge is -2.01. The van der Waals surface area contributed by atoms with Crippen molar-refractivity contribution in [2.45, 2.75) is 11.3 Å². The number of carbonyl (C=O) groups is 1. The van der Waals surface area contributed by atoms with Crippen LogP contribution >= 0.6 is 23.3 Å². The van der Waals surface area contributed by atoms with E-state index in [1.54, 1.807) is 6.92 Å². The number of ketones is 1. The van der Waals surface area contributed by atoms with Crippen LogP contribution in [0.25, 0.3) is 0 Å². The van der Waals surface area contributed by atoms with Gasteiger partial charge in [-0.15, -0.1) is 0 Å². The number of rotatable bonds is 4. The van der Waals surface area contributed by atoms with Crippen LogP contribution in [0.4, 0.5) is 8.78 Å². The number of nitrogens with zero attached hydrogens (tertiary/aromatic N) is 2. The minimum absolute atomic E-state index is 0.00894. The smallest absolute Gasteiger partial charge is 0.176 e. The second kappa shape index (κ2) is 5.53. The summed E-state index contributed by atoms with van der Waals surface area (Å²) in [7, 11) is 0. The van der Waals surface area contributed by atoms with Crippen LogP contribution < -0.4 is 0 Å². The Morgan fingerprint density at radius 3 is 2.89 bits per heavy atom. The van der Waals surface area contributed by atoms with E-state index in [1.165, 1.54) is 23.3 Å². The highest BCUT2D eigenvalue weighted by molar-refractivity contribution is 8.01. The molecule has 2 aromatic rings. The van der Waals surface area contributed by atoms with Gasteiger partial charge in [0, 0.05) is 0 Å². The Balaban J connectivity index is 2.05. The van der Waals surface area contributed by atoms with Gasteiger partial charge in [0.15, 0.2) is 10.1 Å². The Morgan fingerprint density at radius 2 is 2.22 bits per heavy atom. The van der Waals surface area contributed by atoms with Crippen molar-refractivity contribution in [3.63, 3.8) is 0 Å². The third-order valence-corrected chi connectivity index (χ3v) is 3.99. The van der Waals surface area contributed by atoms with Crippen molar-refractivity contribution in [2.75, 3.05) is 5.75 Å². The Morgan fingerprint density at radius 1 is 1.44 bits per heavy atom. The lowest BCUT2D eigenvalue weighted by atomic mass is 10.1. The average Bonchev–Trinajstić information content (AvgIpc) is 2.75. The molecule has 0 unspecified atom stereocenters. The maximum atomic E-state index is 13.3. The van der Waals surface area contributed by atoms with Crippen LogP contribution in [-0.4, -0.2) is 20.9 Å². The molecule has 0 bridgehead atoms. The number of aromatic nitrogens is 2. The van der Waals surface area contributed by atoms with Gasteiger partial charge in [0.1, 0.15) is 17.5 Å². The van der Waals surface area contributed by atoms with Crippen molar-refractivity contribution in [3.05, 3.63) is 41.2 Å². The summed E-state index contributed by atoms with van der Waals surface area (Å²) in [6.07, 6.45) is 0. The highest BCUT2D eigenvalue weighted by atomic mass is 32.2. The Kier molecular flexibility index (Phi) is 4.03. The van der Waals surface area contributed by atoms with Crippen molar-refractivity contribution in [1.82, 2.24) is 9.36 Å². The number of carbonyl (C=O) groups excluding carboxylic acids is 1. The summed E-state index contributed by atoms with van der Waals surface area (Å²) in [5, 5.41) is 0. The van der Waals surface area contributed by atoms with Gasteiger partial charge in [-0.1, -0.05) is 11.8 Å². The largest absolute Gasteiger partial charge is 0.293 e. The summed E-state index contributed by atoms with van der Waals surface area (Å²) in [5.74, 6) is -1.17. The highest BCUT2D eigenvalue weighted by Crippen LogP contribution is 2.22. The maximum Gasteiger partial charge on any atom is 0.176 e. The highest BCUT2D eigenvalue weighted by Gasteiger charge is 2.14. The van der Waals surface area contributed by atoms with Gasteiger partial charge in [-0.2, -0.15) is 4.37 Å². The molecule has 0 aliphatic carbocycles. The van der Waals surface area contributed by atoms with Crippen molar-refractivity contribution < 1.29 is 13.6 Å². The molecule has 0 saturated carbocycles. The van der Waals surface area contributed by atoms with Gasteiger partial charge in [0.25, 0.3) is 0 Å². The summed E-state index contributed by atoms with van der Waals surface area (Å²) < 4.78 is 30.9. The number of aryl methyl sites for hydroxylation is 1. The summed E-state index contributed by atoms with van der Waals surface area (Å²) in [6.45, 7) is 1.74. The van der Waals surface area contributed by atoms with Crippen LogP contribution in [0.5, 0.6) is 0 Å². The fourth-order valence-corrected chi connectivity index (χ4v) is 2.78. The average molecular weight is 286 g/mol. The van der Waals surface area contributed by atoms with Crippen LogP contribution in [-0.2, 0) is 0 Å². The van der Waals surface area contributed by atoms with E-state index in [4.69, 9.17) is 0 Å². The van der Waals surface area contributed by atoms with E-state index in [-0.39, 0.29) is 11.3 Å². The first-order valence-corrected chi connectivity index (χ1v) is 6.73. The standard InChI is InChI=1S/C11H8F2N2OS2/c1-6-14-11(18-15-6)17-5-10(16)8-4-7(12)2-3-9(8)13/h2-4H,5H2,1H3. The second-order valence-corrected chi connectivity index (χ2v) is 5.42. The zero-order valence-electron chi connectivity index (χ0n) is 9.31. The topological polar surface area (TPSA) is 42.9 Å². The minimum atomic E-state index is -0.713. The molecule has 1 aromatic carbocycles. The van der Waals surface area contributed by atoms with Gasteiger partial charge in [-0.25, -0.2) is 13.8 Å². The lowest BCUT2D eigenvalue weighted by Crippen LogP contribution is -2.05. The van der Waals surface area contributed by atoms with Gasteiger partial charge in [-0.05, 0) is 36.7 Å². The van der Waals surface area contributed by atoms with E-state index in [0.717, 1.165) is 18.2 Å². The van der Waals surface area contributed by atoms with Crippen molar-refractivity contribution in [2.24, 2.45) is 0 Å². The van der Waals surface area contributed by atoms with Gasteiger partial charge in [0.05, 0.1) is 11.3 Å². The number of benzene rings is 1. The monoisotopic (exact) mass is 286 g/mol. The molecule has 0 saturated heterocycles. The molecule has 0 fully saturated rings. The molecule has 0 spiro atoms. The number of hydrogen-bond acceptors (Lipinski definition) is 5. The molecule has 0 aliphatic heterocycles. The van der Waals surface area contributed by atoms with E-state index in [9.17, 15) is 13.6 Å². The zero-order chi connectivity index (χ0) is 13.1. The summed E-state index contributed by atoms with van der Waals surface area (Å²) in [5.41, 5.74) is -0.233. The second-order valence-electron chi connectivity index (χ2n) is 3.44. The zero-order valence-corrected chi connectivity index (χ0v) is 10.9. The molecule has 1 heterocycles. The van der Waals surface area contributed by atoms with Gasteiger partial charge in [-0.3, -0.25) is 4.79 Å². The number of hydrogen-bond donors (Lipinski definition) is 0. The van der Waals surface area contributed by atoms with Crippen molar-refractivity contribution >= 4 is 29.1 Å². The van der Waals surface area contributed by atoms with Crippen LogP contribution in [0.3, 0.4) is 0 Å². The third-order valence-electron chi connectivity index (χ3n) is 2.06. The molecule has 0 amide bonds.